The van der Waals surface area contributed by atoms with E-state index < -0.39 is 17.6 Å². The van der Waals surface area contributed by atoms with Crippen molar-refractivity contribution in [3.8, 4) is 0 Å². The molecule has 2 aromatic rings. The summed E-state index contributed by atoms with van der Waals surface area (Å²) in [6.45, 7) is 0.199. The van der Waals surface area contributed by atoms with Crippen molar-refractivity contribution in [3.05, 3.63) is 66.0 Å². The van der Waals surface area contributed by atoms with E-state index in [0.717, 1.165) is 11.6 Å². The molecular weight excluding hydrogens is 311 g/mol. The summed E-state index contributed by atoms with van der Waals surface area (Å²) < 4.78 is 13.1. The number of aliphatic hydroxyl groups excluding tert-OH is 1. The van der Waals surface area contributed by atoms with Crippen molar-refractivity contribution in [1.29, 1.82) is 0 Å². The summed E-state index contributed by atoms with van der Waals surface area (Å²) >= 11 is 0. The van der Waals surface area contributed by atoms with Gasteiger partial charge in [-0.25, -0.2) is 4.39 Å². The van der Waals surface area contributed by atoms with Crippen LogP contribution in [-0.2, 0) is 9.59 Å². The SMILES string of the molecule is O=C(NCC(CCO)c1ccccc1)C(=O)Nc1cccc(F)c1. The number of rotatable bonds is 6. The highest BCUT2D eigenvalue weighted by Crippen LogP contribution is 2.18. The molecule has 0 aromatic heterocycles. The van der Waals surface area contributed by atoms with Gasteiger partial charge in [0, 0.05) is 24.8 Å². The standard InChI is InChI=1S/C18H19FN2O3/c19-15-7-4-8-16(11-15)21-18(24)17(23)20-12-14(9-10-22)13-5-2-1-3-6-13/h1-8,11,14,22H,9-10,12H2,(H,20,23)(H,21,24). The maximum atomic E-state index is 13.1. The van der Waals surface area contributed by atoms with E-state index in [4.69, 9.17) is 5.11 Å². The summed E-state index contributed by atoms with van der Waals surface area (Å²) in [7, 11) is 0. The van der Waals surface area contributed by atoms with Crippen LogP contribution in [0.3, 0.4) is 0 Å². The van der Waals surface area contributed by atoms with Crippen LogP contribution in [0.15, 0.2) is 54.6 Å². The molecule has 0 aliphatic carbocycles. The predicted octanol–water partition coefficient (Wildman–Crippen LogP) is 2.05. The molecule has 5 nitrogen and oxygen atoms in total. The van der Waals surface area contributed by atoms with E-state index in [2.05, 4.69) is 10.6 Å². The van der Waals surface area contributed by atoms with Gasteiger partial charge in [0.05, 0.1) is 0 Å². The van der Waals surface area contributed by atoms with Crippen LogP contribution >= 0.6 is 0 Å². The molecule has 0 radical (unpaired) electrons. The van der Waals surface area contributed by atoms with Crippen LogP contribution in [0.1, 0.15) is 17.9 Å². The molecule has 0 saturated heterocycles. The largest absolute Gasteiger partial charge is 0.396 e. The van der Waals surface area contributed by atoms with Gasteiger partial charge in [0.25, 0.3) is 0 Å². The number of nitrogens with one attached hydrogen (secondary N) is 2. The van der Waals surface area contributed by atoms with Gasteiger partial charge in [-0.15, -0.1) is 0 Å². The quantitative estimate of drug-likeness (QED) is 0.709. The Kier molecular flexibility index (Phi) is 6.45. The topological polar surface area (TPSA) is 78.4 Å². The van der Waals surface area contributed by atoms with E-state index in [1.807, 2.05) is 30.3 Å². The first-order valence-corrected chi connectivity index (χ1v) is 7.60. The first-order valence-electron chi connectivity index (χ1n) is 7.60. The molecule has 6 heteroatoms. The molecule has 1 atom stereocenters. The third-order valence-corrected chi connectivity index (χ3v) is 3.55. The normalized spacial score (nSPS) is 11.6. The van der Waals surface area contributed by atoms with Gasteiger partial charge in [-0.2, -0.15) is 0 Å². The molecule has 0 heterocycles. The van der Waals surface area contributed by atoms with E-state index in [0.29, 0.717) is 6.42 Å². The number of halogens is 1. The Morgan fingerprint density at radius 3 is 2.46 bits per heavy atom. The molecule has 0 aliphatic heterocycles. The van der Waals surface area contributed by atoms with Crippen LogP contribution in [0, 0.1) is 5.82 Å². The minimum Gasteiger partial charge on any atom is -0.396 e. The number of carbonyl (C=O) groups excluding carboxylic acids is 2. The molecule has 1 unspecified atom stereocenters. The molecule has 0 bridgehead atoms. The second-order valence-electron chi connectivity index (χ2n) is 5.29. The maximum absolute atomic E-state index is 13.1. The summed E-state index contributed by atoms with van der Waals surface area (Å²) in [5.41, 5.74) is 1.18. The third kappa shape index (κ3) is 5.17. The van der Waals surface area contributed by atoms with E-state index >= 15 is 0 Å². The summed E-state index contributed by atoms with van der Waals surface area (Å²) in [4.78, 5) is 23.7. The zero-order valence-corrected chi connectivity index (χ0v) is 13.0. The molecular formula is C18H19FN2O3. The molecule has 126 valence electrons. The lowest BCUT2D eigenvalue weighted by Gasteiger charge is -2.17. The van der Waals surface area contributed by atoms with Gasteiger partial charge in [0.2, 0.25) is 0 Å². The molecule has 2 aromatic carbocycles. The lowest BCUT2D eigenvalue weighted by atomic mass is 9.96. The van der Waals surface area contributed by atoms with Crippen molar-refractivity contribution >= 4 is 17.5 Å². The molecule has 3 N–H and O–H groups in total. The summed E-state index contributed by atoms with van der Waals surface area (Å²) in [6.07, 6.45) is 0.468. The minimum absolute atomic E-state index is 0.0229. The van der Waals surface area contributed by atoms with Gasteiger partial charge in [-0.05, 0) is 30.2 Å². The highest BCUT2D eigenvalue weighted by molar-refractivity contribution is 6.39. The van der Waals surface area contributed by atoms with E-state index in [1.54, 1.807) is 0 Å². The van der Waals surface area contributed by atoms with Crippen LogP contribution in [0.4, 0.5) is 10.1 Å². The van der Waals surface area contributed by atoms with E-state index in [-0.39, 0.29) is 24.8 Å². The molecule has 0 aliphatic rings. The van der Waals surface area contributed by atoms with Crippen LogP contribution in [-0.4, -0.2) is 30.1 Å². The lowest BCUT2D eigenvalue weighted by Crippen LogP contribution is -2.37. The number of amides is 2. The zero-order valence-electron chi connectivity index (χ0n) is 13.0. The summed E-state index contributed by atoms with van der Waals surface area (Å²) in [6, 6.07) is 14.7. The van der Waals surface area contributed by atoms with Gasteiger partial charge in [-0.1, -0.05) is 36.4 Å². The van der Waals surface area contributed by atoms with Gasteiger partial charge in [0.15, 0.2) is 0 Å². The van der Waals surface area contributed by atoms with Gasteiger partial charge < -0.3 is 15.7 Å². The Balaban J connectivity index is 1.91. The fraction of sp³-hybridized carbons (Fsp3) is 0.222. The number of carbonyl (C=O) groups is 2. The first kappa shape index (κ1) is 17.6. The molecule has 0 saturated carbocycles. The number of anilines is 1. The Hall–Kier alpha value is -2.73. The van der Waals surface area contributed by atoms with Crippen LogP contribution < -0.4 is 10.6 Å². The Labute approximate surface area is 139 Å². The highest BCUT2D eigenvalue weighted by atomic mass is 19.1. The summed E-state index contributed by atoms with van der Waals surface area (Å²) in [5.74, 6) is -2.27. The van der Waals surface area contributed by atoms with Gasteiger partial charge >= 0.3 is 11.8 Å². The van der Waals surface area contributed by atoms with Crippen molar-refractivity contribution in [2.75, 3.05) is 18.5 Å². The Morgan fingerprint density at radius 1 is 1.04 bits per heavy atom. The Morgan fingerprint density at radius 2 is 1.79 bits per heavy atom. The van der Waals surface area contributed by atoms with Crippen molar-refractivity contribution in [2.45, 2.75) is 12.3 Å². The van der Waals surface area contributed by atoms with Crippen molar-refractivity contribution in [3.63, 3.8) is 0 Å². The van der Waals surface area contributed by atoms with Crippen LogP contribution in [0.2, 0.25) is 0 Å². The smallest absolute Gasteiger partial charge is 0.313 e. The number of hydrogen-bond donors (Lipinski definition) is 3. The van der Waals surface area contributed by atoms with E-state index in [9.17, 15) is 14.0 Å². The van der Waals surface area contributed by atoms with Crippen LogP contribution in [0.25, 0.3) is 0 Å². The first-order chi connectivity index (χ1) is 11.6. The molecule has 0 spiro atoms. The molecule has 24 heavy (non-hydrogen) atoms. The van der Waals surface area contributed by atoms with Crippen LogP contribution in [0.5, 0.6) is 0 Å². The lowest BCUT2D eigenvalue weighted by molar-refractivity contribution is -0.136. The average Bonchev–Trinajstić information content (AvgIpc) is 2.59. The minimum atomic E-state index is -0.864. The van der Waals surface area contributed by atoms with Gasteiger partial charge in [0.1, 0.15) is 5.82 Å². The molecule has 2 amide bonds. The third-order valence-electron chi connectivity index (χ3n) is 3.55. The predicted molar refractivity (Wildman–Crippen MR) is 88.9 cm³/mol. The maximum Gasteiger partial charge on any atom is 0.313 e. The van der Waals surface area contributed by atoms with Crippen molar-refractivity contribution in [1.82, 2.24) is 5.32 Å². The number of hydrogen-bond acceptors (Lipinski definition) is 3. The second kappa shape index (κ2) is 8.79. The zero-order chi connectivity index (χ0) is 17.4. The highest BCUT2D eigenvalue weighted by Gasteiger charge is 2.17. The fourth-order valence-electron chi connectivity index (χ4n) is 2.32. The van der Waals surface area contributed by atoms with Crippen molar-refractivity contribution < 1.29 is 19.1 Å². The monoisotopic (exact) mass is 330 g/mol. The Bertz CT molecular complexity index is 692. The average molecular weight is 330 g/mol. The second-order valence-corrected chi connectivity index (χ2v) is 5.29. The summed E-state index contributed by atoms with van der Waals surface area (Å²) in [5, 5.41) is 14.0. The number of aliphatic hydroxyl groups is 1. The molecule has 2 rings (SSSR count). The molecule has 0 fully saturated rings. The van der Waals surface area contributed by atoms with Crippen molar-refractivity contribution in [2.24, 2.45) is 0 Å². The van der Waals surface area contributed by atoms with E-state index in [1.165, 1.54) is 18.2 Å². The van der Waals surface area contributed by atoms with Gasteiger partial charge in [-0.3, -0.25) is 9.59 Å². The fourth-order valence-corrected chi connectivity index (χ4v) is 2.32. The number of benzene rings is 2.